The smallest absolute Gasteiger partial charge is 0.242 e. The first-order chi connectivity index (χ1) is 9.54. The molecule has 0 atom stereocenters. The van der Waals surface area contributed by atoms with Gasteiger partial charge >= 0.3 is 0 Å². The Bertz CT molecular complexity index is 696. The molecule has 0 radical (unpaired) electrons. The van der Waals surface area contributed by atoms with Crippen LogP contribution in [0.1, 0.15) is 13.8 Å². The highest BCUT2D eigenvalue weighted by Crippen LogP contribution is 2.22. The number of benzene rings is 1. The molecule has 1 rings (SSSR count). The third kappa shape index (κ3) is 5.27. The lowest BCUT2D eigenvalue weighted by atomic mass is 10.3. The van der Waals surface area contributed by atoms with E-state index >= 15 is 0 Å². The van der Waals surface area contributed by atoms with Crippen molar-refractivity contribution in [3.63, 3.8) is 0 Å². The fraction of sp³-hybridized carbons (Fsp3) is 0.500. The molecule has 0 amide bonds. The zero-order valence-electron chi connectivity index (χ0n) is 12.2. The Hall–Kier alpha value is -1.16. The van der Waals surface area contributed by atoms with Crippen LogP contribution in [0.3, 0.4) is 0 Å². The van der Waals surface area contributed by atoms with E-state index in [0.29, 0.717) is 0 Å². The Morgan fingerprint density at radius 1 is 1.24 bits per heavy atom. The SMILES string of the molecule is CC(C)OCCNS(=O)(=O)c1cc(S(C)(=O)=O)ccc1N. The summed E-state index contributed by atoms with van der Waals surface area (Å²) >= 11 is 0. The van der Waals surface area contributed by atoms with Gasteiger partial charge in [-0.05, 0) is 32.0 Å². The van der Waals surface area contributed by atoms with Gasteiger partial charge in [-0.2, -0.15) is 0 Å². The molecule has 7 nitrogen and oxygen atoms in total. The van der Waals surface area contributed by atoms with Gasteiger partial charge in [-0.15, -0.1) is 0 Å². The van der Waals surface area contributed by atoms with Gasteiger partial charge in [0, 0.05) is 12.8 Å². The molecule has 0 fully saturated rings. The molecule has 0 saturated heterocycles. The number of hydrogen-bond acceptors (Lipinski definition) is 6. The first-order valence-corrected chi connectivity index (χ1v) is 9.62. The van der Waals surface area contributed by atoms with Gasteiger partial charge in [-0.25, -0.2) is 21.6 Å². The minimum atomic E-state index is -3.89. The van der Waals surface area contributed by atoms with E-state index in [4.69, 9.17) is 10.5 Å². The first kappa shape index (κ1) is 17.9. The van der Waals surface area contributed by atoms with E-state index in [1.165, 1.54) is 12.1 Å². The number of nitrogen functional groups attached to an aromatic ring is 1. The molecule has 0 aliphatic heterocycles. The van der Waals surface area contributed by atoms with Crippen molar-refractivity contribution in [2.24, 2.45) is 0 Å². The van der Waals surface area contributed by atoms with Crippen molar-refractivity contribution >= 4 is 25.5 Å². The maximum Gasteiger partial charge on any atom is 0.242 e. The van der Waals surface area contributed by atoms with Crippen LogP contribution in [-0.4, -0.2) is 42.3 Å². The Labute approximate surface area is 125 Å². The quantitative estimate of drug-likeness (QED) is 0.549. The van der Waals surface area contributed by atoms with Crippen LogP contribution in [0.5, 0.6) is 0 Å². The van der Waals surface area contributed by atoms with Gasteiger partial charge in [0.05, 0.1) is 23.3 Å². The van der Waals surface area contributed by atoms with E-state index in [2.05, 4.69) is 4.72 Å². The molecule has 0 spiro atoms. The molecular weight excluding hydrogens is 316 g/mol. The van der Waals surface area contributed by atoms with E-state index in [0.717, 1.165) is 12.3 Å². The summed E-state index contributed by atoms with van der Waals surface area (Å²) < 4.78 is 54.8. The zero-order chi connectivity index (χ0) is 16.3. The Kier molecular flexibility index (Phi) is 5.74. The van der Waals surface area contributed by atoms with E-state index in [-0.39, 0.29) is 34.7 Å². The van der Waals surface area contributed by atoms with E-state index in [1.807, 2.05) is 13.8 Å². The molecular formula is C12H20N2O5S2. The summed E-state index contributed by atoms with van der Waals surface area (Å²) in [4.78, 5) is -0.356. The summed E-state index contributed by atoms with van der Waals surface area (Å²) in [5.41, 5.74) is 5.61. The van der Waals surface area contributed by atoms with Crippen molar-refractivity contribution in [1.82, 2.24) is 4.72 Å². The van der Waals surface area contributed by atoms with Gasteiger partial charge in [0.25, 0.3) is 0 Å². The van der Waals surface area contributed by atoms with Crippen molar-refractivity contribution in [2.75, 3.05) is 25.1 Å². The average Bonchev–Trinajstić information content (AvgIpc) is 2.33. The molecule has 0 aliphatic carbocycles. The number of sulfonamides is 1. The highest BCUT2D eigenvalue weighted by molar-refractivity contribution is 7.91. The van der Waals surface area contributed by atoms with Crippen LogP contribution in [0.2, 0.25) is 0 Å². The van der Waals surface area contributed by atoms with Gasteiger partial charge in [0.2, 0.25) is 10.0 Å². The average molecular weight is 336 g/mol. The molecule has 0 aliphatic rings. The van der Waals surface area contributed by atoms with E-state index < -0.39 is 19.9 Å². The maximum atomic E-state index is 12.1. The summed E-state index contributed by atoms with van der Waals surface area (Å²) in [5, 5.41) is 0. The van der Waals surface area contributed by atoms with Crippen LogP contribution in [0, 0.1) is 0 Å². The monoisotopic (exact) mass is 336 g/mol. The minimum absolute atomic E-state index is 0.00636. The van der Waals surface area contributed by atoms with Gasteiger partial charge in [-0.1, -0.05) is 0 Å². The third-order valence-electron chi connectivity index (χ3n) is 2.55. The summed E-state index contributed by atoms with van der Waals surface area (Å²) in [5.74, 6) is 0. The Morgan fingerprint density at radius 2 is 1.86 bits per heavy atom. The lowest BCUT2D eigenvalue weighted by molar-refractivity contribution is 0.0834. The van der Waals surface area contributed by atoms with Crippen molar-refractivity contribution in [3.8, 4) is 0 Å². The second-order valence-electron chi connectivity index (χ2n) is 4.79. The summed E-state index contributed by atoms with van der Waals surface area (Å²) in [7, 11) is -7.40. The van der Waals surface area contributed by atoms with E-state index in [1.54, 1.807) is 0 Å². The fourth-order valence-electron chi connectivity index (χ4n) is 1.53. The molecule has 21 heavy (non-hydrogen) atoms. The Morgan fingerprint density at radius 3 is 2.38 bits per heavy atom. The standard InChI is InChI=1S/C12H20N2O5S2/c1-9(2)19-7-6-14-21(17,18)12-8-10(20(3,15)16)4-5-11(12)13/h4-5,8-9,14H,6-7,13H2,1-3H3. The largest absolute Gasteiger partial charge is 0.398 e. The van der Waals surface area contributed by atoms with Gasteiger partial charge in [0.1, 0.15) is 4.90 Å². The van der Waals surface area contributed by atoms with Crippen LogP contribution < -0.4 is 10.5 Å². The zero-order valence-corrected chi connectivity index (χ0v) is 13.8. The van der Waals surface area contributed by atoms with Crippen molar-refractivity contribution < 1.29 is 21.6 Å². The minimum Gasteiger partial charge on any atom is -0.398 e. The van der Waals surface area contributed by atoms with Crippen LogP contribution in [0.25, 0.3) is 0 Å². The predicted molar refractivity (Wildman–Crippen MR) is 80.2 cm³/mol. The molecule has 3 N–H and O–H groups in total. The van der Waals surface area contributed by atoms with Gasteiger partial charge < -0.3 is 10.5 Å². The molecule has 0 heterocycles. The van der Waals surface area contributed by atoms with Crippen LogP contribution >= 0.6 is 0 Å². The maximum absolute atomic E-state index is 12.1. The fourth-order valence-corrected chi connectivity index (χ4v) is 3.42. The predicted octanol–water partition coefficient (Wildman–Crippen LogP) is 0.376. The van der Waals surface area contributed by atoms with Crippen molar-refractivity contribution in [3.05, 3.63) is 18.2 Å². The normalized spacial score (nSPS) is 12.8. The number of nitrogens with one attached hydrogen (secondary N) is 1. The lowest BCUT2D eigenvalue weighted by Crippen LogP contribution is -2.29. The van der Waals surface area contributed by atoms with Gasteiger partial charge in [0.15, 0.2) is 9.84 Å². The first-order valence-electron chi connectivity index (χ1n) is 6.25. The number of anilines is 1. The van der Waals surface area contributed by atoms with Crippen molar-refractivity contribution in [2.45, 2.75) is 29.7 Å². The number of ether oxygens (including phenoxy) is 1. The summed E-state index contributed by atoms with van der Waals surface area (Å²) in [6.07, 6.45) is 0.992. The van der Waals surface area contributed by atoms with Crippen molar-refractivity contribution in [1.29, 1.82) is 0 Å². The highest BCUT2D eigenvalue weighted by atomic mass is 32.2. The highest BCUT2D eigenvalue weighted by Gasteiger charge is 2.20. The molecule has 1 aromatic carbocycles. The molecule has 0 bridgehead atoms. The number of nitrogens with two attached hydrogens (primary N) is 1. The number of hydrogen-bond donors (Lipinski definition) is 2. The Balaban J connectivity index is 2.98. The second-order valence-corrected chi connectivity index (χ2v) is 8.54. The molecule has 0 unspecified atom stereocenters. The lowest BCUT2D eigenvalue weighted by Gasteiger charge is -2.11. The van der Waals surface area contributed by atoms with E-state index in [9.17, 15) is 16.8 Å². The van der Waals surface area contributed by atoms with Crippen LogP contribution in [-0.2, 0) is 24.6 Å². The summed E-state index contributed by atoms with van der Waals surface area (Å²) in [6, 6.07) is 3.58. The number of sulfone groups is 1. The van der Waals surface area contributed by atoms with Gasteiger partial charge in [-0.3, -0.25) is 0 Å². The topological polar surface area (TPSA) is 116 Å². The molecule has 120 valence electrons. The van der Waals surface area contributed by atoms with Crippen LogP contribution in [0.15, 0.2) is 28.0 Å². The molecule has 0 saturated carbocycles. The van der Waals surface area contributed by atoms with Crippen LogP contribution in [0.4, 0.5) is 5.69 Å². The molecule has 1 aromatic rings. The molecule has 0 aromatic heterocycles. The number of rotatable bonds is 7. The third-order valence-corrected chi connectivity index (χ3v) is 5.18. The second kappa shape index (κ2) is 6.73. The summed E-state index contributed by atoms with van der Waals surface area (Å²) in [6.45, 7) is 3.95. The molecule has 9 heteroatoms.